The number of nitrogens with one attached hydrogen (secondary N) is 2. The second-order valence-corrected chi connectivity index (χ2v) is 8.54. The van der Waals surface area contributed by atoms with Crippen LogP contribution in [0.25, 0.3) is 0 Å². The van der Waals surface area contributed by atoms with Gasteiger partial charge in [-0.3, -0.25) is 9.52 Å². The van der Waals surface area contributed by atoms with Crippen LogP contribution in [-0.2, 0) is 10.0 Å². The van der Waals surface area contributed by atoms with E-state index in [0.717, 1.165) is 12.8 Å². The van der Waals surface area contributed by atoms with Crippen LogP contribution in [0.2, 0.25) is 10.0 Å². The summed E-state index contributed by atoms with van der Waals surface area (Å²) >= 11 is 12.2. The molecule has 2 N–H and O–H groups in total. The van der Waals surface area contributed by atoms with Crippen molar-refractivity contribution in [1.29, 1.82) is 0 Å². The first-order valence-electron chi connectivity index (χ1n) is 8.75. The SMILES string of the molecule is CCCCNC(=O)c1cc(S(=O)(=O)Nc2cc(Cl)c(OC)cc2OC)ccc1Cl. The van der Waals surface area contributed by atoms with E-state index in [1.807, 2.05) is 6.92 Å². The molecule has 0 aliphatic carbocycles. The lowest BCUT2D eigenvalue weighted by Gasteiger charge is -2.15. The zero-order valence-electron chi connectivity index (χ0n) is 16.2. The highest BCUT2D eigenvalue weighted by atomic mass is 35.5. The third-order valence-corrected chi connectivity index (χ3v) is 6.02. The van der Waals surface area contributed by atoms with Gasteiger partial charge in [-0.05, 0) is 30.7 Å². The maximum Gasteiger partial charge on any atom is 0.262 e. The number of anilines is 1. The Bertz CT molecular complexity index is 996. The fourth-order valence-corrected chi connectivity index (χ4v) is 3.99. The Morgan fingerprint density at radius 1 is 1.03 bits per heavy atom. The number of rotatable bonds is 9. The first kappa shape index (κ1) is 23.1. The lowest BCUT2D eigenvalue weighted by atomic mass is 10.2. The Morgan fingerprint density at radius 3 is 2.34 bits per heavy atom. The van der Waals surface area contributed by atoms with E-state index in [1.165, 1.54) is 44.6 Å². The minimum absolute atomic E-state index is 0.0744. The van der Waals surface area contributed by atoms with Gasteiger partial charge in [0.05, 0.1) is 40.4 Å². The molecule has 0 bridgehead atoms. The van der Waals surface area contributed by atoms with Gasteiger partial charge in [-0.25, -0.2) is 8.42 Å². The summed E-state index contributed by atoms with van der Waals surface area (Å²) < 4.78 is 38.5. The molecule has 0 aliphatic rings. The predicted octanol–water partition coefficient (Wildman–Crippen LogP) is 4.34. The summed E-state index contributed by atoms with van der Waals surface area (Å²) in [4.78, 5) is 12.2. The van der Waals surface area contributed by atoms with Crippen molar-refractivity contribution in [3.05, 3.63) is 45.9 Å². The quantitative estimate of drug-likeness (QED) is 0.542. The van der Waals surface area contributed by atoms with Crippen molar-refractivity contribution >= 4 is 44.8 Å². The highest BCUT2D eigenvalue weighted by molar-refractivity contribution is 7.92. The number of halogens is 2. The molecule has 0 spiro atoms. The van der Waals surface area contributed by atoms with Crippen molar-refractivity contribution in [1.82, 2.24) is 5.32 Å². The van der Waals surface area contributed by atoms with Gasteiger partial charge in [-0.1, -0.05) is 36.5 Å². The summed E-state index contributed by atoms with van der Waals surface area (Å²) in [6, 6.07) is 6.75. The van der Waals surface area contributed by atoms with Crippen molar-refractivity contribution in [2.45, 2.75) is 24.7 Å². The first-order chi connectivity index (χ1) is 13.7. The van der Waals surface area contributed by atoms with E-state index in [-0.39, 0.29) is 31.9 Å². The molecule has 0 radical (unpaired) electrons. The molecule has 0 unspecified atom stereocenters. The normalized spacial score (nSPS) is 11.1. The molecule has 2 aromatic carbocycles. The van der Waals surface area contributed by atoms with Gasteiger partial charge in [0.25, 0.3) is 15.9 Å². The molecule has 0 aliphatic heterocycles. The van der Waals surface area contributed by atoms with Gasteiger partial charge < -0.3 is 14.8 Å². The number of hydrogen-bond acceptors (Lipinski definition) is 5. The average molecular weight is 461 g/mol. The van der Waals surface area contributed by atoms with Crippen molar-refractivity contribution in [2.75, 3.05) is 25.5 Å². The Labute approximate surface area is 180 Å². The van der Waals surface area contributed by atoms with Crippen molar-refractivity contribution in [3.8, 4) is 11.5 Å². The second-order valence-electron chi connectivity index (χ2n) is 6.04. The van der Waals surface area contributed by atoms with Crippen LogP contribution in [0, 0.1) is 0 Å². The number of carbonyl (C=O) groups excluding carboxylic acids is 1. The molecule has 0 atom stereocenters. The third-order valence-electron chi connectivity index (χ3n) is 4.03. The second kappa shape index (κ2) is 10.0. The van der Waals surface area contributed by atoms with Crippen LogP contribution >= 0.6 is 23.2 Å². The number of ether oxygens (including phenoxy) is 2. The number of amides is 1. The van der Waals surface area contributed by atoms with Crippen molar-refractivity contribution < 1.29 is 22.7 Å². The lowest BCUT2D eigenvalue weighted by molar-refractivity contribution is 0.0953. The monoisotopic (exact) mass is 460 g/mol. The summed E-state index contributed by atoms with van der Waals surface area (Å²) in [6.07, 6.45) is 1.72. The Hall–Kier alpha value is -2.16. The topological polar surface area (TPSA) is 93.7 Å². The molecule has 1 amide bonds. The van der Waals surface area contributed by atoms with E-state index in [2.05, 4.69) is 10.0 Å². The number of unbranched alkanes of at least 4 members (excludes halogenated alkanes) is 1. The standard InChI is InChI=1S/C19H22Cl2N2O5S/c1-4-5-8-22-19(24)13-9-12(6-7-14(13)20)29(25,26)23-16-10-15(21)17(27-2)11-18(16)28-3/h6-7,9-11,23H,4-5,8H2,1-3H3,(H,22,24). The van der Waals surface area contributed by atoms with Gasteiger partial charge in [-0.2, -0.15) is 0 Å². The smallest absolute Gasteiger partial charge is 0.262 e. The first-order valence-corrected chi connectivity index (χ1v) is 11.0. The third kappa shape index (κ3) is 5.68. The van der Waals surface area contributed by atoms with Crippen LogP contribution in [0.15, 0.2) is 35.2 Å². The van der Waals surface area contributed by atoms with Gasteiger partial charge in [0.2, 0.25) is 0 Å². The van der Waals surface area contributed by atoms with E-state index in [9.17, 15) is 13.2 Å². The Morgan fingerprint density at radius 2 is 1.72 bits per heavy atom. The summed E-state index contributed by atoms with van der Waals surface area (Å²) in [6.45, 7) is 2.47. The van der Waals surface area contributed by atoms with Crippen LogP contribution in [0.1, 0.15) is 30.1 Å². The molecule has 0 aromatic heterocycles. The highest BCUT2D eigenvalue weighted by Gasteiger charge is 2.21. The molecule has 0 heterocycles. The minimum atomic E-state index is -4.05. The Balaban J connectivity index is 2.36. The van der Waals surface area contributed by atoms with Crippen LogP contribution in [0.5, 0.6) is 11.5 Å². The molecule has 0 fully saturated rings. The zero-order valence-corrected chi connectivity index (χ0v) is 18.5. The van der Waals surface area contributed by atoms with Crippen LogP contribution in [-0.4, -0.2) is 35.1 Å². The molecule has 29 heavy (non-hydrogen) atoms. The van der Waals surface area contributed by atoms with Crippen LogP contribution < -0.4 is 19.5 Å². The maximum absolute atomic E-state index is 12.9. The molecule has 0 saturated heterocycles. The van der Waals surface area contributed by atoms with Gasteiger partial charge in [-0.15, -0.1) is 0 Å². The molecule has 0 saturated carbocycles. The highest BCUT2D eigenvalue weighted by Crippen LogP contribution is 2.37. The van der Waals surface area contributed by atoms with Crippen molar-refractivity contribution in [2.24, 2.45) is 0 Å². The van der Waals surface area contributed by atoms with E-state index in [4.69, 9.17) is 32.7 Å². The molecule has 2 aromatic rings. The predicted molar refractivity (Wildman–Crippen MR) is 114 cm³/mol. The van der Waals surface area contributed by atoms with Gasteiger partial charge >= 0.3 is 0 Å². The molecule has 10 heteroatoms. The number of sulfonamides is 1. The molecule has 7 nitrogen and oxygen atoms in total. The van der Waals surface area contributed by atoms with Gasteiger partial charge in [0.15, 0.2) is 0 Å². The summed E-state index contributed by atoms with van der Waals surface area (Å²) in [5.74, 6) is 0.121. The van der Waals surface area contributed by atoms with E-state index >= 15 is 0 Å². The number of methoxy groups -OCH3 is 2. The van der Waals surface area contributed by atoms with Gasteiger partial charge in [0.1, 0.15) is 11.5 Å². The summed E-state index contributed by atoms with van der Waals surface area (Å²) in [7, 11) is -1.22. The fourth-order valence-electron chi connectivity index (χ4n) is 2.46. The van der Waals surface area contributed by atoms with E-state index in [1.54, 1.807) is 0 Å². The van der Waals surface area contributed by atoms with E-state index in [0.29, 0.717) is 12.3 Å². The van der Waals surface area contributed by atoms with Crippen LogP contribution in [0.4, 0.5) is 5.69 Å². The van der Waals surface area contributed by atoms with Gasteiger partial charge in [0, 0.05) is 12.6 Å². The Kier molecular flexibility index (Phi) is 8.01. The lowest BCUT2D eigenvalue weighted by Crippen LogP contribution is -2.25. The van der Waals surface area contributed by atoms with E-state index < -0.39 is 15.9 Å². The largest absolute Gasteiger partial charge is 0.495 e. The molecule has 158 valence electrons. The summed E-state index contributed by atoms with van der Waals surface area (Å²) in [5.41, 5.74) is 0.201. The zero-order chi connectivity index (χ0) is 21.6. The molecular formula is C19H22Cl2N2O5S. The maximum atomic E-state index is 12.9. The van der Waals surface area contributed by atoms with Crippen LogP contribution in [0.3, 0.4) is 0 Å². The average Bonchev–Trinajstić information content (AvgIpc) is 2.68. The molecular weight excluding hydrogens is 439 g/mol. The minimum Gasteiger partial charge on any atom is -0.495 e. The number of benzene rings is 2. The fraction of sp³-hybridized carbons (Fsp3) is 0.316. The number of hydrogen-bond donors (Lipinski definition) is 2. The number of carbonyl (C=O) groups is 1. The summed E-state index contributed by atoms with van der Waals surface area (Å²) in [5, 5.41) is 3.08. The van der Waals surface area contributed by atoms with Crippen molar-refractivity contribution in [3.63, 3.8) is 0 Å². The molecule has 2 rings (SSSR count).